The first-order valence-corrected chi connectivity index (χ1v) is 7.73. The molecule has 0 spiro atoms. The number of benzene rings is 2. The molecule has 1 aliphatic rings. The molecule has 1 unspecified atom stereocenters. The van der Waals surface area contributed by atoms with Crippen LogP contribution >= 0.6 is 35.3 Å². The van der Waals surface area contributed by atoms with E-state index in [4.69, 9.17) is 11.6 Å². The van der Waals surface area contributed by atoms with Gasteiger partial charge in [0.1, 0.15) is 0 Å². The summed E-state index contributed by atoms with van der Waals surface area (Å²) in [6.45, 7) is 0. The van der Waals surface area contributed by atoms with Crippen LogP contribution in [0.15, 0.2) is 54.6 Å². The zero-order valence-electron chi connectivity index (χ0n) is 9.47. The quantitative estimate of drug-likeness (QED) is 0.854. The minimum absolute atomic E-state index is 0.414. The molecule has 0 fully saturated rings. The van der Waals surface area contributed by atoms with E-state index in [-0.39, 0.29) is 0 Å². The van der Waals surface area contributed by atoms with E-state index in [2.05, 4.69) is 28.7 Å². The van der Waals surface area contributed by atoms with Gasteiger partial charge >= 0.3 is 0 Å². The molecule has 1 N–H and O–H groups in total. The summed E-state index contributed by atoms with van der Waals surface area (Å²) >= 11 is 9.49. The van der Waals surface area contributed by atoms with E-state index in [9.17, 15) is 0 Å². The summed E-state index contributed by atoms with van der Waals surface area (Å²) in [6.07, 6.45) is 0. The maximum absolute atomic E-state index is 5.90. The van der Waals surface area contributed by atoms with Crippen LogP contribution in [0.1, 0.15) is 15.7 Å². The molecular formula is C14H11ClNS2+. The summed E-state index contributed by atoms with van der Waals surface area (Å²) in [4.78, 5) is 0. The molecule has 0 bridgehead atoms. The lowest BCUT2D eigenvalue weighted by Crippen LogP contribution is -2.60. The maximum Gasteiger partial charge on any atom is 0.255 e. The number of thioether (sulfide) groups is 1. The summed E-state index contributed by atoms with van der Waals surface area (Å²) in [5, 5.41) is 1.97. The molecule has 2 aromatic rings. The van der Waals surface area contributed by atoms with E-state index in [1.165, 1.54) is 16.2 Å². The second-order valence-electron chi connectivity index (χ2n) is 3.92. The molecule has 0 amide bonds. The fraction of sp³-hybridized carbons (Fsp3) is 0.0714. The van der Waals surface area contributed by atoms with Gasteiger partial charge in [0.15, 0.2) is 16.5 Å². The highest BCUT2D eigenvalue weighted by molar-refractivity contribution is 8.25. The van der Waals surface area contributed by atoms with Crippen LogP contribution in [-0.2, 0) is 0 Å². The molecule has 1 aliphatic heterocycles. The first kappa shape index (κ1) is 12.2. The van der Waals surface area contributed by atoms with Crippen molar-refractivity contribution >= 4 is 40.4 Å². The van der Waals surface area contributed by atoms with Crippen molar-refractivity contribution in [2.75, 3.05) is 0 Å². The van der Waals surface area contributed by atoms with Gasteiger partial charge in [-0.15, -0.1) is 0 Å². The SMILES string of the molecule is Clc1ccc(C2=[NH+]SC(c3ccccc3)S2)cc1. The van der Waals surface area contributed by atoms with Gasteiger partial charge in [-0.2, -0.15) is 4.40 Å². The molecule has 0 radical (unpaired) electrons. The molecule has 1 heterocycles. The Morgan fingerprint density at radius 3 is 2.39 bits per heavy atom. The Bertz CT molecular complexity index is 566. The van der Waals surface area contributed by atoms with Crippen molar-refractivity contribution in [3.05, 3.63) is 70.7 Å². The van der Waals surface area contributed by atoms with Crippen LogP contribution in [0, 0.1) is 0 Å². The van der Waals surface area contributed by atoms with Crippen LogP contribution in [-0.4, -0.2) is 5.04 Å². The van der Waals surface area contributed by atoms with Crippen LogP contribution in [0.3, 0.4) is 0 Å². The first-order chi connectivity index (χ1) is 8.83. The van der Waals surface area contributed by atoms with Gasteiger partial charge in [-0.1, -0.05) is 41.9 Å². The van der Waals surface area contributed by atoms with E-state index in [0.29, 0.717) is 4.58 Å². The van der Waals surface area contributed by atoms with Crippen LogP contribution in [0.2, 0.25) is 5.02 Å². The average molecular weight is 293 g/mol. The van der Waals surface area contributed by atoms with Gasteiger partial charge in [-0.3, -0.25) is 0 Å². The van der Waals surface area contributed by atoms with Crippen molar-refractivity contribution in [1.82, 2.24) is 0 Å². The average Bonchev–Trinajstić information content (AvgIpc) is 2.90. The second-order valence-corrected chi connectivity index (χ2v) is 6.68. The second kappa shape index (κ2) is 5.39. The van der Waals surface area contributed by atoms with Gasteiger partial charge in [0.05, 0.1) is 5.56 Å². The highest BCUT2D eigenvalue weighted by Crippen LogP contribution is 2.39. The highest BCUT2D eigenvalue weighted by Gasteiger charge is 2.30. The van der Waals surface area contributed by atoms with E-state index < -0.39 is 0 Å². The molecule has 0 saturated carbocycles. The zero-order chi connectivity index (χ0) is 12.4. The summed E-state index contributed by atoms with van der Waals surface area (Å²) < 4.78 is 3.81. The molecule has 0 saturated heterocycles. The molecule has 1 nitrogen and oxygen atoms in total. The van der Waals surface area contributed by atoms with Crippen LogP contribution < -0.4 is 4.40 Å². The van der Waals surface area contributed by atoms with Crippen molar-refractivity contribution in [1.29, 1.82) is 0 Å². The van der Waals surface area contributed by atoms with Gasteiger partial charge in [0.25, 0.3) is 5.04 Å². The molecule has 18 heavy (non-hydrogen) atoms. The number of halogens is 1. The van der Waals surface area contributed by atoms with Crippen LogP contribution in [0.25, 0.3) is 0 Å². The third kappa shape index (κ3) is 2.58. The first-order valence-electron chi connectivity index (χ1n) is 5.59. The fourth-order valence-corrected chi connectivity index (χ4v) is 4.23. The zero-order valence-corrected chi connectivity index (χ0v) is 11.9. The largest absolute Gasteiger partial charge is 0.255 e. The minimum atomic E-state index is 0.414. The Kier molecular flexibility index (Phi) is 3.64. The minimum Gasteiger partial charge on any atom is -0.165 e. The molecule has 4 heteroatoms. The molecule has 90 valence electrons. The monoisotopic (exact) mass is 292 g/mol. The standard InChI is InChI=1S/C14H10ClNS2/c15-12-8-6-10(7-9-12)13-16-18-14(17-13)11-4-2-1-3-5-11/h1-9,14H/p+1. The van der Waals surface area contributed by atoms with Crippen molar-refractivity contribution in [3.8, 4) is 0 Å². The van der Waals surface area contributed by atoms with Crippen LogP contribution in [0.5, 0.6) is 0 Å². The van der Waals surface area contributed by atoms with E-state index in [1.54, 1.807) is 11.9 Å². The predicted octanol–water partition coefficient (Wildman–Crippen LogP) is 3.26. The Hall–Kier alpha value is -0.900. The van der Waals surface area contributed by atoms with Crippen molar-refractivity contribution in [2.45, 2.75) is 4.58 Å². The summed E-state index contributed by atoms with van der Waals surface area (Å²) in [5.41, 5.74) is 2.53. The number of rotatable bonds is 2. The topological polar surface area (TPSA) is 14.0 Å². The van der Waals surface area contributed by atoms with Gasteiger partial charge in [-0.05, 0) is 41.6 Å². The summed E-state index contributed by atoms with van der Waals surface area (Å²) in [7, 11) is 0. The molecule has 0 aromatic heterocycles. The molecular weight excluding hydrogens is 282 g/mol. The predicted molar refractivity (Wildman–Crippen MR) is 80.9 cm³/mol. The normalized spacial score (nSPS) is 18.7. The van der Waals surface area contributed by atoms with E-state index in [1.807, 2.05) is 42.1 Å². The Morgan fingerprint density at radius 1 is 0.944 bits per heavy atom. The molecule has 1 atom stereocenters. The van der Waals surface area contributed by atoms with Gasteiger partial charge < -0.3 is 0 Å². The van der Waals surface area contributed by atoms with Gasteiger partial charge in [-0.25, -0.2) is 0 Å². The van der Waals surface area contributed by atoms with Gasteiger partial charge in [0.2, 0.25) is 0 Å². The van der Waals surface area contributed by atoms with Crippen molar-refractivity contribution in [2.24, 2.45) is 0 Å². The maximum atomic E-state index is 5.90. The summed E-state index contributed by atoms with van der Waals surface area (Å²) in [5.74, 6) is 0. The smallest absolute Gasteiger partial charge is 0.165 e. The lowest BCUT2D eigenvalue weighted by molar-refractivity contribution is -0.237. The molecule has 2 aromatic carbocycles. The molecule has 3 rings (SSSR count). The van der Waals surface area contributed by atoms with Crippen LogP contribution in [0.4, 0.5) is 0 Å². The number of nitrogens with one attached hydrogen (secondary N) is 1. The van der Waals surface area contributed by atoms with E-state index in [0.717, 1.165) is 5.02 Å². The fourth-order valence-electron chi connectivity index (χ4n) is 1.74. The molecule has 0 aliphatic carbocycles. The third-order valence-corrected chi connectivity index (χ3v) is 5.49. The van der Waals surface area contributed by atoms with Crippen molar-refractivity contribution in [3.63, 3.8) is 0 Å². The highest BCUT2D eigenvalue weighted by atomic mass is 35.5. The Morgan fingerprint density at radius 2 is 1.67 bits per heavy atom. The van der Waals surface area contributed by atoms with Gasteiger partial charge in [0, 0.05) is 5.02 Å². The lowest BCUT2D eigenvalue weighted by atomic mass is 10.2. The number of hydrogen-bond donors (Lipinski definition) is 1. The Balaban J connectivity index is 1.77. The Labute approximate surface area is 120 Å². The van der Waals surface area contributed by atoms with E-state index >= 15 is 0 Å². The number of hydrogen-bond acceptors (Lipinski definition) is 2. The van der Waals surface area contributed by atoms with Crippen molar-refractivity contribution < 1.29 is 4.40 Å². The lowest BCUT2D eigenvalue weighted by Gasteiger charge is -2.02. The third-order valence-electron chi connectivity index (χ3n) is 2.66. The summed E-state index contributed by atoms with van der Waals surface area (Å²) in [6, 6.07) is 18.5.